The van der Waals surface area contributed by atoms with Crippen LogP contribution in [0.4, 0.5) is 0 Å². The number of nitrogens with one attached hydrogen (secondary N) is 1. The highest BCUT2D eigenvalue weighted by atomic mass is 16.9. The molecule has 9 heavy (non-hydrogen) atoms. The minimum atomic E-state index is 0.0781. The van der Waals surface area contributed by atoms with Crippen molar-refractivity contribution < 1.29 is 10.0 Å². The molecular formula is C2H7N5O2-2. The maximum Gasteiger partial charge on any atom is 0.0615 e. The van der Waals surface area contributed by atoms with Gasteiger partial charge >= 0.3 is 0 Å². The van der Waals surface area contributed by atoms with Gasteiger partial charge in [0.25, 0.3) is 0 Å². The summed E-state index contributed by atoms with van der Waals surface area (Å²) < 4.78 is 0. The molecule has 0 radical (unpaired) electrons. The standard InChI is InChI=1S/C2H7N5O2/c1-4-5-6(3)7(8)9-2/h3,8H,1H2,2H3/q-2. The van der Waals surface area contributed by atoms with Gasteiger partial charge in [-0.3, -0.25) is 10.0 Å². The highest BCUT2D eigenvalue weighted by Gasteiger charge is 1.86. The Morgan fingerprint density at radius 2 is 2.44 bits per heavy atom. The molecule has 0 atom stereocenters. The Morgan fingerprint density at radius 3 is 2.78 bits per heavy atom. The first kappa shape index (κ1) is 8.27. The Labute approximate surface area is 52.1 Å². The molecule has 2 N–H and O–H groups in total. The van der Waals surface area contributed by atoms with E-state index >= 15 is 0 Å². The number of hydrazine groups is 1. The molecule has 0 bridgehead atoms. The van der Waals surface area contributed by atoms with Crippen LogP contribution < -0.4 is 0 Å². The first-order valence-corrected chi connectivity index (χ1v) is 1.93. The Bertz CT molecular complexity index is 87.0. The van der Waals surface area contributed by atoms with Gasteiger partial charge in [0.2, 0.25) is 0 Å². The lowest BCUT2D eigenvalue weighted by molar-refractivity contribution is -0.409. The van der Waals surface area contributed by atoms with Gasteiger partial charge in [-0.2, -0.15) is 0 Å². The quantitative estimate of drug-likeness (QED) is 0.442. The monoisotopic (exact) mass is 133 g/mol. The van der Waals surface area contributed by atoms with E-state index in [0.717, 1.165) is 0 Å². The molecule has 7 heteroatoms. The third kappa shape index (κ3) is 2.95. The van der Waals surface area contributed by atoms with Crippen LogP contribution in [0.3, 0.4) is 0 Å². The molecule has 54 valence electrons. The molecule has 0 rings (SSSR count). The van der Waals surface area contributed by atoms with Crippen molar-refractivity contribution >= 4 is 6.72 Å². The van der Waals surface area contributed by atoms with Crippen molar-refractivity contribution in [1.29, 1.82) is 0 Å². The summed E-state index contributed by atoms with van der Waals surface area (Å²) in [5, 5.41) is 11.7. The van der Waals surface area contributed by atoms with E-state index in [1.165, 1.54) is 7.11 Å². The van der Waals surface area contributed by atoms with Crippen LogP contribution in [0.1, 0.15) is 0 Å². The summed E-state index contributed by atoms with van der Waals surface area (Å²) in [6.45, 7) is 2.95. The van der Waals surface area contributed by atoms with Gasteiger partial charge in [0, 0.05) is 0 Å². The van der Waals surface area contributed by atoms with Crippen LogP contribution in [-0.2, 0) is 4.84 Å². The summed E-state index contributed by atoms with van der Waals surface area (Å²) in [5.41, 5.74) is 2.96. The van der Waals surface area contributed by atoms with Crippen molar-refractivity contribution in [3.05, 3.63) is 11.4 Å². The van der Waals surface area contributed by atoms with Crippen LogP contribution in [0, 0.1) is 0 Å². The van der Waals surface area contributed by atoms with E-state index in [2.05, 4.69) is 22.2 Å². The molecular weight excluding hydrogens is 126 g/mol. The summed E-state index contributed by atoms with van der Waals surface area (Å²) >= 11 is 0. The van der Waals surface area contributed by atoms with Gasteiger partial charge in [-0.05, 0) is 12.1 Å². The Kier molecular flexibility index (Phi) is 3.84. The Morgan fingerprint density at radius 1 is 1.89 bits per heavy atom. The molecule has 0 saturated heterocycles. The highest BCUT2D eigenvalue weighted by Crippen LogP contribution is 2.00. The largest absolute Gasteiger partial charge is 0.606 e. The summed E-state index contributed by atoms with van der Waals surface area (Å²) in [5.74, 6) is 6.66. The molecule has 0 aliphatic rings. The van der Waals surface area contributed by atoms with Crippen LogP contribution in [0.15, 0.2) is 5.10 Å². The molecule has 0 saturated carbocycles. The number of nitrogens with zero attached hydrogens (tertiary/aromatic N) is 4. The molecule has 0 aliphatic carbocycles. The lowest BCUT2D eigenvalue weighted by atomic mass is 11.7. The van der Waals surface area contributed by atoms with Gasteiger partial charge in [0.1, 0.15) is 0 Å². The number of rotatable bonds is 4. The zero-order valence-corrected chi connectivity index (χ0v) is 4.85. The van der Waals surface area contributed by atoms with Gasteiger partial charge in [0.15, 0.2) is 0 Å². The van der Waals surface area contributed by atoms with Crippen LogP contribution in [-0.4, -0.2) is 29.6 Å². The molecule has 0 unspecified atom stereocenters. The summed E-state index contributed by atoms with van der Waals surface area (Å²) in [7, 11) is 1.17. The molecule has 0 fully saturated rings. The van der Waals surface area contributed by atoms with E-state index in [1.807, 2.05) is 0 Å². The van der Waals surface area contributed by atoms with Gasteiger partial charge in [-0.1, -0.05) is 0 Å². The molecule has 0 heterocycles. The van der Waals surface area contributed by atoms with E-state index in [1.54, 1.807) is 0 Å². The van der Waals surface area contributed by atoms with Crippen LogP contribution >= 0.6 is 0 Å². The average Bonchev–Trinajstić information content (AvgIpc) is 1.87. The Balaban J connectivity index is 3.44. The topological polar surface area (TPSA) is 86.2 Å². The third-order valence-electron chi connectivity index (χ3n) is 0.473. The zero-order valence-electron chi connectivity index (χ0n) is 4.85. The van der Waals surface area contributed by atoms with Crippen molar-refractivity contribution in [3.63, 3.8) is 0 Å². The summed E-state index contributed by atoms with van der Waals surface area (Å²) in [6.07, 6.45) is 0. The highest BCUT2D eigenvalue weighted by molar-refractivity contribution is 5.24. The molecule has 0 aromatic heterocycles. The normalized spacial score (nSPS) is 10.3. The lowest BCUT2D eigenvalue weighted by Gasteiger charge is -2.41. The van der Waals surface area contributed by atoms with Gasteiger partial charge < -0.3 is 21.7 Å². The fourth-order valence-electron chi connectivity index (χ4n) is 0.171. The fraction of sp³-hybridized carbons (Fsp3) is 0.500. The van der Waals surface area contributed by atoms with Crippen molar-refractivity contribution in [2.75, 3.05) is 7.11 Å². The molecule has 7 nitrogen and oxygen atoms in total. The van der Waals surface area contributed by atoms with Crippen LogP contribution in [0.5, 0.6) is 0 Å². The molecule has 0 aromatic rings. The lowest BCUT2D eigenvalue weighted by Crippen LogP contribution is -2.29. The van der Waals surface area contributed by atoms with E-state index < -0.39 is 0 Å². The van der Waals surface area contributed by atoms with E-state index in [9.17, 15) is 0 Å². The van der Waals surface area contributed by atoms with Crippen molar-refractivity contribution in [2.24, 2.45) is 5.10 Å². The second-order valence-electron chi connectivity index (χ2n) is 0.956. The van der Waals surface area contributed by atoms with E-state index in [0.29, 0.717) is 0 Å². The first-order chi connectivity index (χ1) is 4.22. The maximum atomic E-state index is 8.43. The smallest absolute Gasteiger partial charge is 0.0615 e. The minimum Gasteiger partial charge on any atom is -0.606 e. The molecule has 0 amide bonds. The van der Waals surface area contributed by atoms with Crippen LogP contribution in [0.2, 0.25) is 0 Å². The third-order valence-corrected chi connectivity index (χ3v) is 0.473. The van der Waals surface area contributed by atoms with Crippen molar-refractivity contribution in [3.8, 4) is 0 Å². The molecule has 0 aliphatic heterocycles. The minimum absolute atomic E-state index is 0.0781. The Hall–Kier alpha value is -0.730. The van der Waals surface area contributed by atoms with Crippen LogP contribution in [0.25, 0.3) is 11.4 Å². The van der Waals surface area contributed by atoms with Crippen molar-refractivity contribution in [1.82, 2.24) is 10.6 Å². The number of hydrogen-bond donors (Lipinski definition) is 1. The summed E-state index contributed by atoms with van der Waals surface area (Å²) in [6, 6.07) is 0. The average molecular weight is 133 g/mol. The summed E-state index contributed by atoms with van der Waals surface area (Å²) in [4.78, 5) is 4.11. The maximum absolute atomic E-state index is 8.43. The fourth-order valence-corrected chi connectivity index (χ4v) is 0.171. The second kappa shape index (κ2) is 4.18. The molecule has 0 spiro atoms. The zero-order chi connectivity index (χ0) is 7.28. The van der Waals surface area contributed by atoms with Gasteiger partial charge in [0.05, 0.1) is 7.11 Å². The second-order valence-corrected chi connectivity index (χ2v) is 0.956. The van der Waals surface area contributed by atoms with Crippen molar-refractivity contribution in [2.45, 2.75) is 0 Å². The predicted molar refractivity (Wildman–Crippen MR) is 29.7 cm³/mol. The number of hydrogen-bond acceptors (Lipinski definition) is 5. The first-order valence-electron chi connectivity index (χ1n) is 1.93. The van der Waals surface area contributed by atoms with E-state index in [4.69, 9.17) is 11.0 Å². The SMILES string of the molecule is C=N[N-]N([NH-])N(O)OC. The molecule has 0 aromatic carbocycles. The van der Waals surface area contributed by atoms with Gasteiger partial charge in [-0.15, -0.1) is 0 Å². The van der Waals surface area contributed by atoms with E-state index in [-0.39, 0.29) is 10.6 Å². The predicted octanol–water partition coefficient (Wildman–Crippen LogP) is 0.328. The van der Waals surface area contributed by atoms with Gasteiger partial charge in [-0.25, -0.2) is 0 Å².